The maximum atomic E-state index is 12.9. The number of carbonyl (C=O) groups excluding carboxylic acids is 1. The van der Waals surface area contributed by atoms with Crippen LogP contribution in [0.3, 0.4) is 0 Å². The van der Waals surface area contributed by atoms with Crippen LogP contribution in [0.2, 0.25) is 0 Å². The highest BCUT2D eigenvalue weighted by atomic mass is 31.2. The fourth-order valence-electron chi connectivity index (χ4n) is 7.43. The van der Waals surface area contributed by atoms with Crippen LogP contribution in [0.4, 0.5) is 0 Å². The van der Waals surface area contributed by atoms with Crippen LogP contribution in [0.1, 0.15) is 239 Å². The first-order chi connectivity index (χ1) is 28.5. The van der Waals surface area contributed by atoms with E-state index in [0.29, 0.717) is 23.9 Å². The molecule has 0 aliphatic carbocycles. The van der Waals surface area contributed by atoms with Gasteiger partial charge in [-0.25, -0.2) is 4.57 Å². The number of rotatable bonds is 46. The van der Waals surface area contributed by atoms with Crippen molar-refractivity contribution in [3.05, 3.63) is 24.3 Å². The van der Waals surface area contributed by atoms with E-state index in [1.807, 2.05) is 21.1 Å². The average molecular weight is 856 g/mol. The van der Waals surface area contributed by atoms with Gasteiger partial charge in [0.25, 0.3) is 0 Å². The van der Waals surface area contributed by atoms with Crippen molar-refractivity contribution in [3.8, 4) is 0 Å². The summed E-state index contributed by atoms with van der Waals surface area (Å²) >= 11 is 0. The summed E-state index contributed by atoms with van der Waals surface area (Å²) in [5.74, 6) is -0.156. The minimum absolute atomic E-state index is 0.0726. The van der Waals surface area contributed by atoms with Crippen LogP contribution in [0.15, 0.2) is 24.3 Å². The Balaban J connectivity index is 4.25. The van der Waals surface area contributed by atoms with E-state index >= 15 is 0 Å². The summed E-state index contributed by atoms with van der Waals surface area (Å²) in [6.45, 7) is 4.87. The number of amides is 1. The van der Waals surface area contributed by atoms with Gasteiger partial charge in [-0.2, -0.15) is 0 Å². The number of hydrogen-bond acceptors (Lipinski definition) is 5. The first kappa shape index (κ1) is 58.0. The number of unbranched alkanes of at least 4 members (excludes halogenated alkanes) is 29. The maximum Gasteiger partial charge on any atom is 0.472 e. The molecule has 0 spiro atoms. The largest absolute Gasteiger partial charge is 0.472 e. The number of phosphoric acid groups is 1. The molecule has 8 nitrogen and oxygen atoms in total. The van der Waals surface area contributed by atoms with E-state index in [1.165, 1.54) is 148 Å². The molecule has 0 rings (SSSR count). The molecule has 0 aromatic heterocycles. The van der Waals surface area contributed by atoms with Crippen molar-refractivity contribution in [2.75, 3.05) is 40.9 Å². The first-order valence-electron chi connectivity index (χ1n) is 25.2. The number of aliphatic hydroxyl groups is 1. The summed E-state index contributed by atoms with van der Waals surface area (Å²) in [6, 6.07) is -0.766. The molecular weight excluding hydrogens is 756 g/mol. The van der Waals surface area contributed by atoms with Crippen LogP contribution >= 0.6 is 7.82 Å². The zero-order chi connectivity index (χ0) is 43.6. The summed E-state index contributed by atoms with van der Waals surface area (Å²) in [7, 11) is 1.61. The number of aliphatic hydroxyl groups excluding tert-OH is 1. The van der Waals surface area contributed by atoms with Gasteiger partial charge >= 0.3 is 7.82 Å². The van der Waals surface area contributed by atoms with Crippen molar-refractivity contribution in [2.24, 2.45) is 0 Å². The third-order valence-corrected chi connectivity index (χ3v) is 12.4. The fourth-order valence-corrected chi connectivity index (χ4v) is 8.17. The Bertz CT molecular complexity index is 1020. The van der Waals surface area contributed by atoms with Gasteiger partial charge in [-0.1, -0.05) is 212 Å². The second-order valence-electron chi connectivity index (χ2n) is 18.5. The fraction of sp³-hybridized carbons (Fsp3) is 0.900. The second-order valence-corrected chi connectivity index (χ2v) is 20.0. The molecule has 59 heavy (non-hydrogen) atoms. The standard InChI is InChI=1S/C50H99N2O6P/c1-6-8-10-12-14-16-18-20-22-23-24-25-26-27-28-30-31-33-35-37-39-41-43-49(53)48(47-58-59(55,56)57-46-45-52(3,4)5)51-50(54)44-42-40-38-36-34-32-29-21-19-17-15-13-11-9-7-2/h15,17,21,29,48-49,53H,6-14,16,18-20,22-28,30-47H2,1-5H3,(H-,51,54,55,56)/p+1/b17-15-,29-21-. The van der Waals surface area contributed by atoms with Crippen LogP contribution in [0.5, 0.6) is 0 Å². The Kier molecular flexibility index (Phi) is 41.6. The van der Waals surface area contributed by atoms with Crippen molar-refractivity contribution in [3.63, 3.8) is 0 Å². The molecule has 0 aliphatic rings. The zero-order valence-electron chi connectivity index (χ0n) is 39.8. The molecular formula is C50H100N2O6P+. The highest BCUT2D eigenvalue weighted by molar-refractivity contribution is 7.47. The molecule has 0 heterocycles. The van der Waals surface area contributed by atoms with Crippen LogP contribution in [0.25, 0.3) is 0 Å². The number of nitrogens with one attached hydrogen (secondary N) is 1. The molecule has 3 unspecified atom stereocenters. The topological polar surface area (TPSA) is 105 Å². The van der Waals surface area contributed by atoms with E-state index in [-0.39, 0.29) is 19.1 Å². The number of hydrogen-bond donors (Lipinski definition) is 3. The molecule has 0 aromatic carbocycles. The highest BCUT2D eigenvalue weighted by Gasteiger charge is 2.28. The van der Waals surface area contributed by atoms with E-state index in [2.05, 4.69) is 43.5 Å². The van der Waals surface area contributed by atoms with Crippen molar-refractivity contribution in [1.82, 2.24) is 5.32 Å². The molecule has 0 saturated heterocycles. The van der Waals surface area contributed by atoms with Crippen molar-refractivity contribution >= 4 is 13.7 Å². The third-order valence-electron chi connectivity index (χ3n) is 11.5. The molecule has 0 aliphatic heterocycles. The minimum Gasteiger partial charge on any atom is -0.391 e. The highest BCUT2D eigenvalue weighted by Crippen LogP contribution is 2.43. The summed E-state index contributed by atoms with van der Waals surface area (Å²) < 4.78 is 23.7. The average Bonchev–Trinajstić information content (AvgIpc) is 3.19. The molecule has 3 atom stereocenters. The van der Waals surface area contributed by atoms with Crippen molar-refractivity contribution < 1.29 is 32.9 Å². The predicted molar refractivity (Wildman–Crippen MR) is 254 cm³/mol. The molecule has 0 aromatic rings. The number of quaternary nitrogens is 1. The Morgan fingerprint density at radius 1 is 0.576 bits per heavy atom. The normalized spacial score (nSPS) is 14.4. The van der Waals surface area contributed by atoms with Gasteiger partial charge in [0.2, 0.25) is 5.91 Å². The second kappa shape index (κ2) is 42.3. The SMILES string of the molecule is CCCCC/C=C\C/C=C\CCCCCCCC(=O)NC(COP(=O)(O)OCC[N+](C)(C)C)C(O)CCCCCCCCCCCCCCCCCCCCCCCC. The Morgan fingerprint density at radius 2 is 0.966 bits per heavy atom. The number of phosphoric ester groups is 1. The number of likely N-dealkylation sites (N-methyl/N-ethyl adjacent to an activating group) is 1. The van der Waals surface area contributed by atoms with E-state index in [4.69, 9.17) is 9.05 Å². The van der Waals surface area contributed by atoms with E-state index < -0.39 is 20.0 Å². The van der Waals surface area contributed by atoms with Gasteiger partial charge in [0, 0.05) is 6.42 Å². The molecule has 1 amide bonds. The third kappa shape index (κ3) is 44.8. The monoisotopic (exact) mass is 856 g/mol. The lowest BCUT2D eigenvalue weighted by Gasteiger charge is -2.26. The summed E-state index contributed by atoms with van der Waals surface area (Å²) in [5.41, 5.74) is 0. The summed E-state index contributed by atoms with van der Waals surface area (Å²) in [6.07, 6.45) is 50.7. The Morgan fingerprint density at radius 3 is 1.42 bits per heavy atom. The Labute approximate surface area is 366 Å². The number of carbonyl (C=O) groups is 1. The minimum atomic E-state index is -4.32. The molecule has 0 fully saturated rings. The van der Waals surface area contributed by atoms with E-state index in [1.54, 1.807) is 0 Å². The van der Waals surface area contributed by atoms with Crippen LogP contribution in [-0.4, -0.2) is 73.4 Å². The molecule has 9 heteroatoms. The van der Waals surface area contributed by atoms with Crippen molar-refractivity contribution in [1.29, 1.82) is 0 Å². The number of nitrogens with zero attached hydrogens (tertiary/aromatic N) is 1. The summed E-state index contributed by atoms with van der Waals surface area (Å²) in [4.78, 5) is 23.2. The predicted octanol–water partition coefficient (Wildman–Crippen LogP) is 14.5. The number of allylic oxidation sites excluding steroid dienone is 4. The van der Waals surface area contributed by atoms with Gasteiger partial charge in [-0.3, -0.25) is 13.8 Å². The van der Waals surface area contributed by atoms with Crippen molar-refractivity contribution in [2.45, 2.75) is 251 Å². The zero-order valence-corrected chi connectivity index (χ0v) is 40.7. The van der Waals surface area contributed by atoms with Crippen LogP contribution < -0.4 is 5.32 Å². The Hall–Kier alpha value is -1.02. The van der Waals surface area contributed by atoms with Gasteiger partial charge in [0.05, 0.1) is 39.9 Å². The molecule has 350 valence electrons. The van der Waals surface area contributed by atoms with Gasteiger partial charge in [0.15, 0.2) is 0 Å². The van der Waals surface area contributed by atoms with E-state index in [0.717, 1.165) is 64.2 Å². The summed E-state index contributed by atoms with van der Waals surface area (Å²) in [5, 5.41) is 14.0. The molecule has 0 bridgehead atoms. The van der Waals surface area contributed by atoms with E-state index in [9.17, 15) is 19.4 Å². The quantitative estimate of drug-likeness (QED) is 0.0244. The molecule has 0 radical (unpaired) electrons. The molecule has 0 saturated carbocycles. The first-order valence-corrected chi connectivity index (χ1v) is 26.7. The lowest BCUT2D eigenvalue weighted by molar-refractivity contribution is -0.870. The van der Waals surface area contributed by atoms with Crippen LogP contribution in [0, 0.1) is 0 Å². The van der Waals surface area contributed by atoms with Crippen LogP contribution in [-0.2, 0) is 18.4 Å². The van der Waals surface area contributed by atoms with Gasteiger partial charge in [-0.15, -0.1) is 0 Å². The van der Waals surface area contributed by atoms with Gasteiger partial charge in [0.1, 0.15) is 13.2 Å². The smallest absolute Gasteiger partial charge is 0.391 e. The molecule has 3 N–H and O–H groups in total. The van der Waals surface area contributed by atoms with Gasteiger partial charge < -0.3 is 19.8 Å². The lowest BCUT2D eigenvalue weighted by atomic mass is 10.0. The van der Waals surface area contributed by atoms with Gasteiger partial charge in [-0.05, 0) is 44.9 Å². The maximum absolute atomic E-state index is 12.9. The lowest BCUT2D eigenvalue weighted by Crippen LogP contribution is -2.46.